The van der Waals surface area contributed by atoms with Gasteiger partial charge >= 0.3 is 6.03 Å². The van der Waals surface area contributed by atoms with Crippen LogP contribution in [0.2, 0.25) is 0 Å². The van der Waals surface area contributed by atoms with Crippen LogP contribution in [0.3, 0.4) is 0 Å². The van der Waals surface area contributed by atoms with Gasteiger partial charge in [-0.25, -0.2) is 19.4 Å². The molecule has 0 saturated heterocycles. The molecule has 4 N–H and O–H groups in total. The van der Waals surface area contributed by atoms with Crippen molar-refractivity contribution >= 4 is 40.8 Å². The maximum absolute atomic E-state index is 12.7. The Morgan fingerprint density at radius 2 is 1.75 bits per heavy atom. The van der Waals surface area contributed by atoms with Crippen LogP contribution in [0.25, 0.3) is 0 Å². The van der Waals surface area contributed by atoms with Crippen LogP contribution in [0.4, 0.5) is 33.6 Å². The quantitative estimate of drug-likeness (QED) is 0.391. The van der Waals surface area contributed by atoms with Crippen LogP contribution in [0.15, 0.2) is 36.7 Å². The van der Waals surface area contributed by atoms with E-state index in [4.69, 9.17) is 4.74 Å². The minimum absolute atomic E-state index is 0.0946. The normalized spacial score (nSPS) is 14.5. The van der Waals surface area contributed by atoms with Crippen molar-refractivity contribution in [1.82, 2.24) is 19.7 Å². The van der Waals surface area contributed by atoms with E-state index in [0.29, 0.717) is 34.6 Å². The third-order valence-corrected chi connectivity index (χ3v) is 5.58. The highest BCUT2D eigenvalue weighted by Gasteiger charge is 2.37. The lowest BCUT2D eigenvalue weighted by Crippen LogP contribution is -2.46. The van der Waals surface area contributed by atoms with Gasteiger partial charge in [0.1, 0.15) is 12.1 Å². The summed E-state index contributed by atoms with van der Waals surface area (Å²) in [6.07, 6.45) is 1.34. The molecule has 0 radical (unpaired) electrons. The number of urea groups is 1. The standard InChI is InChI=1S/C25H32N8O3/c1-14(2)33-18(12-17(32-33)24(3,4)5)30-23(35)29-16-10-8-15(9-11-16)28-20-19-21(27-13-26-20)31-22(34)25(6,7)36-19/h8-14H,1-7H3,(H2,29,30,35)(H2,26,27,28,31,34). The molecule has 3 amide bonds. The first-order valence-corrected chi connectivity index (χ1v) is 11.7. The van der Waals surface area contributed by atoms with Gasteiger partial charge in [-0.3, -0.25) is 10.1 Å². The average Bonchev–Trinajstić information content (AvgIpc) is 3.21. The summed E-state index contributed by atoms with van der Waals surface area (Å²) in [5.74, 6) is 1.44. The Kier molecular flexibility index (Phi) is 6.33. The van der Waals surface area contributed by atoms with Crippen LogP contribution in [-0.4, -0.2) is 37.3 Å². The molecule has 190 valence electrons. The van der Waals surface area contributed by atoms with Gasteiger partial charge in [0, 0.05) is 28.9 Å². The number of carbonyl (C=O) groups excluding carboxylic acids is 2. The summed E-state index contributed by atoms with van der Waals surface area (Å²) >= 11 is 0. The Labute approximate surface area is 210 Å². The molecule has 1 aromatic carbocycles. The third-order valence-electron chi connectivity index (χ3n) is 5.58. The molecule has 3 heterocycles. The predicted molar refractivity (Wildman–Crippen MR) is 139 cm³/mol. The second kappa shape index (κ2) is 9.14. The van der Waals surface area contributed by atoms with Crippen molar-refractivity contribution in [2.75, 3.05) is 21.3 Å². The molecule has 0 bridgehead atoms. The fourth-order valence-electron chi connectivity index (χ4n) is 3.51. The summed E-state index contributed by atoms with van der Waals surface area (Å²) in [7, 11) is 0. The molecular weight excluding hydrogens is 460 g/mol. The number of rotatable bonds is 5. The van der Waals surface area contributed by atoms with E-state index in [2.05, 4.69) is 57.1 Å². The van der Waals surface area contributed by atoms with Crippen LogP contribution in [-0.2, 0) is 10.2 Å². The second-order valence-electron chi connectivity index (χ2n) is 10.5. The molecule has 11 nitrogen and oxygen atoms in total. The lowest BCUT2D eigenvalue weighted by Gasteiger charge is -2.31. The fraction of sp³-hybridized carbons (Fsp3) is 0.400. The Hall–Kier alpha value is -4.15. The molecule has 36 heavy (non-hydrogen) atoms. The van der Waals surface area contributed by atoms with Gasteiger partial charge < -0.3 is 20.7 Å². The van der Waals surface area contributed by atoms with Crippen molar-refractivity contribution in [3.63, 3.8) is 0 Å². The molecule has 0 unspecified atom stereocenters. The van der Waals surface area contributed by atoms with E-state index in [1.54, 1.807) is 42.8 Å². The van der Waals surface area contributed by atoms with Crippen molar-refractivity contribution in [3.8, 4) is 5.75 Å². The predicted octanol–water partition coefficient (Wildman–Crippen LogP) is 5.05. The summed E-state index contributed by atoms with van der Waals surface area (Å²) in [6.45, 7) is 13.6. The van der Waals surface area contributed by atoms with Crippen molar-refractivity contribution in [2.24, 2.45) is 0 Å². The Morgan fingerprint density at radius 1 is 1.08 bits per heavy atom. The maximum Gasteiger partial charge on any atom is 0.324 e. The number of ether oxygens (including phenoxy) is 1. The van der Waals surface area contributed by atoms with Gasteiger partial charge in [0.05, 0.1) is 5.69 Å². The van der Waals surface area contributed by atoms with E-state index in [1.165, 1.54) is 6.33 Å². The highest BCUT2D eigenvalue weighted by atomic mass is 16.5. The zero-order valence-corrected chi connectivity index (χ0v) is 21.6. The summed E-state index contributed by atoms with van der Waals surface area (Å²) in [5.41, 5.74) is 1.05. The first kappa shape index (κ1) is 25.0. The molecule has 11 heteroatoms. The molecule has 0 aliphatic carbocycles. The van der Waals surface area contributed by atoms with Crippen LogP contribution in [0.5, 0.6) is 5.75 Å². The van der Waals surface area contributed by atoms with E-state index >= 15 is 0 Å². The van der Waals surface area contributed by atoms with Gasteiger partial charge in [-0.15, -0.1) is 0 Å². The molecule has 0 saturated carbocycles. The highest BCUT2D eigenvalue weighted by Crippen LogP contribution is 2.38. The van der Waals surface area contributed by atoms with Gasteiger partial charge in [0.2, 0.25) is 5.75 Å². The van der Waals surface area contributed by atoms with Gasteiger partial charge in [-0.1, -0.05) is 20.8 Å². The van der Waals surface area contributed by atoms with Gasteiger partial charge in [-0.05, 0) is 52.0 Å². The number of fused-ring (bicyclic) bond motifs is 1. The van der Waals surface area contributed by atoms with E-state index in [0.717, 1.165) is 5.69 Å². The minimum Gasteiger partial charge on any atom is -0.470 e. The number of carbonyl (C=O) groups is 2. The Balaban J connectivity index is 1.44. The molecule has 4 rings (SSSR count). The van der Waals surface area contributed by atoms with Crippen molar-refractivity contribution in [3.05, 3.63) is 42.4 Å². The first-order valence-electron chi connectivity index (χ1n) is 11.7. The molecule has 1 aliphatic rings. The smallest absolute Gasteiger partial charge is 0.324 e. The van der Waals surface area contributed by atoms with E-state index < -0.39 is 5.60 Å². The summed E-state index contributed by atoms with van der Waals surface area (Å²) < 4.78 is 7.65. The molecular formula is C25H32N8O3. The molecule has 2 aromatic heterocycles. The second-order valence-corrected chi connectivity index (χ2v) is 10.5. The number of anilines is 5. The van der Waals surface area contributed by atoms with Crippen LogP contribution < -0.4 is 26.0 Å². The van der Waals surface area contributed by atoms with E-state index in [-0.39, 0.29) is 23.4 Å². The van der Waals surface area contributed by atoms with Crippen LogP contribution in [0, 0.1) is 0 Å². The Morgan fingerprint density at radius 3 is 2.39 bits per heavy atom. The molecule has 3 aromatic rings. The highest BCUT2D eigenvalue weighted by molar-refractivity contribution is 6.00. The molecule has 0 fully saturated rings. The van der Waals surface area contributed by atoms with Crippen LogP contribution >= 0.6 is 0 Å². The topological polar surface area (TPSA) is 135 Å². The monoisotopic (exact) mass is 492 g/mol. The van der Waals surface area contributed by atoms with Gasteiger partial charge in [0.15, 0.2) is 17.2 Å². The summed E-state index contributed by atoms with van der Waals surface area (Å²) in [4.78, 5) is 33.1. The zero-order chi connectivity index (χ0) is 26.3. The number of nitrogens with one attached hydrogen (secondary N) is 4. The number of amides is 3. The average molecular weight is 493 g/mol. The van der Waals surface area contributed by atoms with E-state index in [9.17, 15) is 9.59 Å². The summed E-state index contributed by atoms with van der Waals surface area (Å²) in [5, 5.41) is 16.3. The molecule has 0 spiro atoms. The SMILES string of the molecule is CC(C)n1nc(C(C)(C)C)cc1NC(=O)Nc1ccc(Nc2ncnc3c2OC(C)(C)C(=O)N3)cc1. The lowest BCUT2D eigenvalue weighted by molar-refractivity contribution is -0.129. The van der Waals surface area contributed by atoms with Crippen LogP contribution in [0.1, 0.15) is 60.2 Å². The third kappa shape index (κ3) is 5.24. The van der Waals surface area contributed by atoms with Crippen molar-refractivity contribution < 1.29 is 14.3 Å². The van der Waals surface area contributed by atoms with Crippen molar-refractivity contribution in [2.45, 2.75) is 65.5 Å². The Bertz CT molecular complexity index is 1290. The number of aromatic nitrogens is 4. The van der Waals surface area contributed by atoms with E-state index in [1.807, 2.05) is 19.9 Å². The first-order chi connectivity index (χ1) is 16.8. The number of nitrogens with zero attached hydrogens (tertiary/aromatic N) is 4. The number of benzene rings is 1. The number of hydrogen-bond donors (Lipinski definition) is 4. The zero-order valence-electron chi connectivity index (χ0n) is 21.6. The summed E-state index contributed by atoms with van der Waals surface area (Å²) in [6, 6.07) is 8.76. The lowest BCUT2D eigenvalue weighted by atomic mass is 9.92. The maximum atomic E-state index is 12.7. The van der Waals surface area contributed by atoms with Gasteiger partial charge in [-0.2, -0.15) is 5.10 Å². The van der Waals surface area contributed by atoms with Crippen molar-refractivity contribution in [1.29, 1.82) is 0 Å². The fourth-order valence-corrected chi connectivity index (χ4v) is 3.51. The molecule has 1 aliphatic heterocycles. The number of hydrogen-bond acceptors (Lipinski definition) is 7. The van der Waals surface area contributed by atoms with Gasteiger partial charge in [0.25, 0.3) is 5.91 Å². The minimum atomic E-state index is -1.05. The molecule has 0 atom stereocenters. The largest absolute Gasteiger partial charge is 0.470 e.